The van der Waals surface area contributed by atoms with Gasteiger partial charge in [-0.2, -0.15) is 16.3 Å². The van der Waals surface area contributed by atoms with Crippen LogP contribution in [0.3, 0.4) is 0 Å². The number of nitrogens with two attached hydrogens (primary N) is 1. The van der Waals surface area contributed by atoms with Crippen molar-refractivity contribution in [3.8, 4) is 0 Å². The summed E-state index contributed by atoms with van der Waals surface area (Å²) in [5, 5.41) is 8.07. The van der Waals surface area contributed by atoms with Gasteiger partial charge in [0.2, 0.25) is 5.89 Å². The molecular formula is C12H17N3OS. The Hall–Kier alpha value is -1.20. The highest BCUT2D eigenvalue weighted by atomic mass is 32.1. The first-order valence-corrected chi connectivity index (χ1v) is 6.50. The van der Waals surface area contributed by atoms with Crippen molar-refractivity contribution in [1.82, 2.24) is 10.1 Å². The average Bonchev–Trinajstić information content (AvgIpc) is 2.87. The lowest BCUT2D eigenvalue weighted by Crippen LogP contribution is -2.27. The van der Waals surface area contributed by atoms with Crippen molar-refractivity contribution in [3.05, 3.63) is 34.1 Å². The predicted molar refractivity (Wildman–Crippen MR) is 67.8 cm³/mol. The summed E-state index contributed by atoms with van der Waals surface area (Å²) in [7, 11) is 0. The highest BCUT2D eigenvalue weighted by Gasteiger charge is 2.26. The largest absolute Gasteiger partial charge is 0.339 e. The van der Waals surface area contributed by atoms with Crippen LogP contribution in [0.4, 0.5) is 0 Å². The molecule has 0 aromatic carbocycles. The Balaban J connectivity index is 2.11. The monoisotopic (exact) mass is 251 g/mol. The van der Waals surface area contributed by atoms with E-state index >= 15 is 0 Å². The molecule has 0 aliphatic carbocycles. The van der Waals surface area contributed by atoms with Crippen molar-refractivity contribution in [1.29, 1.82) is 0 Å². The number of nitrogens with zero attached hydrogens (tertiary/aromatic N) is 2. The molecule has 0 aliphatic heterocycles. The van der Waals surface area contributed by atoms with E-state index in [2.05, 4.69) is 42.4 Å². The van der Waals surface area contributed by atoms with Crippen LogP contribution < -0.4 is 5.73 Å². The van der Waals surface area contributed by atoms with Crippen LogP contribution in [0.2, 0.25) is 0 Å². The van der Waals surface area contributed by atoms with E-state index in [9.17, 15) is 0 Å². The second kappa shape index (κ2) is 4.58. The molecule has 0 aliphatic rings. The SMILES string of the molecule is CC(C)(C)C(N)c1noc(Cc2ccsc2)n1. The predicted octanol–water partition coefficient (Wildman–Crippen LogP) is 2.77. The van der Waals surface area contributed by atoms with Gasteiger partial charge >= 0.3 is 0 Å². The van der Waals surface area contributed by atoms with Gasteiger partial charge in [-0.15, -0.1) is 0 Å². The summed E-state index contributed by atoms with van der Waals surface area (Å²) < 4.78 is 5.22. The van der Waals surface area contributed by atoms with Crippen molar-refractivity contribution in [3.63, 3.8) is 0 Å². The zero-order chi connectivity index (χ0) is 12.5. The molecule has 5 heteroatoms. The highest BCUT2D eigenvalue weighted by molar-refractivity contribution is 7.07. The first-order valence-electron chi connectivity index (χ1n) is 5.56. The molecule has 4 nitrogen and oxygen atoms in total. The van der Waals surface area contributed by atoms with E-state index in [1.54, 1.807) is 11.3 Å². The number of thiophene rings is 1. The molecule has 0 amide bonds. The van der Waals surface area contributed by atoms with Crippen LogP contribution in [-0.2, 0) is 6.42 Å². The first kappa shape index (κ1) is 12.3. The minimum absolute atomic E-state index is 0.0659. The lowest BCUT2D eigenvalue weighted by atomic mass is 9.87. The molecular weight excluding hydrogens is 234 g/mol. The van der Waals surface area contributed by atoms with Crippen LogP contribution in [0.25, 0.3) is 0 Å². The Morgan fingerprint density at radius 2 is 2.24 bits per heavy atom. The molecule has 2 aromatic heterocycles. The molecule has 0 bridgehead atoms. The summed E-state index contributed by atoms with van der Waals surface area (Å²) in [6.45, 7) is 6.19. The van der Waals surface area contributed by atoms with Crippen LogP contribution in [0.1, 0.15) is 44.1 Å². The standard InChI is InChI=1S/C12H17N3OS/c1-12(2,3)10(13)11-14-9(16-15-11)6-8-4-5-17-7-8/h4-5,7,10H,6,13H2,1-3H3. The highest BCUT2D eigenvalue weighted by Crippen LogP contribution is 2.28. The Morgan fingerprint density at radius 3 is 2.82 bits per heavy atom. The Labute approximate surface area is 105 Å². The Bertz CT molecular complexity index is 470. The van der Waals surface area contributed by atoms with Crippen LogP contribution >= 0.6 is 11.3 Å². The van der Waals surface area contributed by atoms with Gasteiger partial charge in [0, 0.05) is 0 Å². The van der Waals surface area contributed by atoms with Crippen molar-refractivity contribution >= 4 is 11.3 Å². The van der Waals surface area contributed by atoms with E-state index in [-0.39, 0.29) is 11.5 Å². The summed E-state index contributed by atoms with van der Waals surface area (Å²) in [5.74, 6) is 1.21. The fraction of sp³-hybridized carbons (Fsp3) is 0.500. The quantitative estimate of drug-likeness (QED) is 0.911. The maximum atomic E-state index is 6.08. The normalized spacial score (nSPS) is 13.9. The van der Waals surface area contributed by atoms with Gasteiger partial charge in [-0.05, 0) is 27.8 Å². The van der Waals surface area contributed by atoms with E-state index in [0.29, 0.717) is 18.1 Å². The molecule has 0 spiro atoms. The summed E-state index contributed by atoms with van der Waals surface area (Å²) in [6.07, 6.45) is 0.674. The summed E-state index contributed by atoms with van der Waals surface area (Å²) >= 11 is 1.66. The molecule has 2 rings (SSSR count). The van der Waals surface area contributed by atoms with Gasteiger partial charge in [-0.1, -0.05) is 25.9 Å². The van der Waals surface area contributed by atoms with E-state index in [4.69, 9.17) is 10.3 Å². The van der Waals surface area contributed by atoms with Gasteiger partial charge in [0.25, 0.3) is 0 Å². The van der Waals surface area contributed by atoms with Gasteiger partial charge < -0.3 is 10.3 Å². The summed E-state index contributed by atoms with van der Waals surface area (Å²) in [4.78, 5) is 4.35. The van der Waals surface area contributed by atoms with Crippen molar-refractivity contribution < 1.29 is 4.52 Å². The summed E-state index contributed by atoms with van der Waals surface area (Å²) in [5.41, 5.74) is 7.20. The molecule has 17 heavy (non-hydrogen) atoms. The minimum Gasteiger partial charge on any atom is -0.339 e. The third-order valence-corrected chi connectivity index (χ3v) is 3.36. The third-order valence-electron chi connectivity index (χ3n) is 2.63. The lowest BCUT2D eigenvalue weighted by molar-refractivity contribution is 0.301. The molecule has 2 heterocycles. The van der Waals surface area contributed by atoms with Gasteiger partial charge in [0.1, 0.15) is 0 Å². The molecule has 0 fully saturated rings. The Kier molecular flexibility index (Phi) is 3.31. The maximum Gasteiger partial charge on any atom is 0.231 e. The van der Waals surface area contributed by atoms with Crippen molar-refractivity contribution in [2.45, 2.75) is 33.2 Å². The average molecular weight is 251 g/mol. The zero-order valence-electron chi connectivity index (χ0n) is 10.3. The summed E-state index contributed by atoms with van der Waals surface area (Å²) in [6, 6.07) is 1.85. The number of aromatic nitrogens is 2. The van der Waals surface area contributed by atoms with Gasteiger partial charge in [0.15, 0.2) is 5.82 Å². The maximum absolute atomic E-state index is 6.08. The topological polar surface area (TPSA) is 64.9 Å². The Morgan fingerprint density at radius 1 is 1.47 bits per heavy atom. The van der Waals surface area contributed by atoms with Crippen LogP contribution in [-0.4, -0.2) is 10.1 Å². The third kappa shape index (κ3) is 2.92. The van der Waals surface area contributed by atoms with Crippen LogP contribution in [0.15, 0.2) is 21.3 Å². The smallest absolute Gasteiger partial charge is 0.231 e. The van der Waals surface area contributed by atoms with E-state index in [1.807, 2.05) is 5.38 Å². The van der Waals surface area contributed by atoms with E-state index in [1.165, 1.54) is 5.56 Å². The number of hydrogen-bond donors (Lipinski definition) is 1. The zero-order valence-corrected chi connectivity index (χ0v) is 11.1. The second-order valence-corrected chi connectivity index (χ2v) is 5.98. The first-order chi connectivity index (χ1) is 7.97. The van der Waals surface area contributed by atoms with E-state index in [0.717, 1.165) is 0 Å². The second-order valence-electron chi connectivity index (χ2n) is 5.20. The molecule has 1 unspecified atom stereocenters. The minimum atomic E-state index is -0.206. The number of rotatable bonds is 3. The molecule has 1 atom stereocenters. The lowest BCUT2D eigenvalue weighted by Gasteiger charge is -2.23. The van der Waals surface area contributed by atoms with E-state index < -0.39 is 0 Å². The van der Waals surface area contributed by atoms with Gasteiger partial charge in [0.05, 0.1) is 12.5 Å². The van der Waals surface area contributed by atoms with Crippen LogP contribution in [0, 0.1) is 5.41 Å². The van der Waals surface area contributed by atoms with Gasteiger partial charge in [-0.25, -0.2) is 0 Å². The molecule has 0 saturated carbocycles. The molecule has 0 saturated heterocycles. The fourth-order valence-corrected chi connectivity index (χ4v) is 2.09. The molecule has 0 radical (unpaired) electrons. The molecule has 2 aromatic rings. The van der Waals surface area contributed by atoms with Gasteiger partial charge in [-0.3, -0.25) is 0 Å². The fourth-order valence-electron chi connectivity index (χ4n) is 1.42. The van der Waals surface area contributed by atoms with Crippen LogP contribution in [0.5, 0.6) is 0 Å². The number of hydrogen-bond acceptors (Lipinski definition) is 5. The van der Waals surface area contributed by atoms with Crippen molar-refractivity contribution in [2.75, 3.05) is 0 Å². The molecule has 92 valence electrons. The van der Waals surface area contributed by atoms with Crippen molar-refractivity contribution in [2.24, 2.45) is 11.1 Å². The molecule has 2 N–H and O–H groups in total.